The summed E-state index contributed by atoms with van der Waals surface area (Å²) in [6, 6.07) is 65.2. The molecular weight excluding hydrogens is 965 g/mol. The van der Waals surface area contributed by atoms with Gasteiger partial charge >= 0.3 is 6.03 Å². The van der Waals surface area contributed by atoms with Crippen LogP contribution in [-0.2, 0) is 0 Å². The summed E-state index contributed by atoms with van der Waals surface area (Å²) in [5, 5.41) is 10.9. The summed E-state index contributed by atoms with van der Waals surface area (Å²) in [5.41, 5.74) is 23.2. The molecule has 0 spiro atoms. The molecule has 0 atom stereocenters. The van der Waals surface area contributed by atoms with Gasteiger partial charge in [-0.05, 0) is 162 Å². The van der Waals surface area contributed by atoms with Gasteiger partial charge in [0.05, 0.1) is 22.8 Å². The Balaban J connectivity index is 0.948. The van der Waals surface area contributed by atoms with Gasteiger partial charge in [0.2, 0.25) is 0 Å². The summed E-state index contributed by atoms with van der Waals surface area (Å²) in [6.07, 6.45) is 8.47. The molecule has 11 aromatic rings. The molecule has 3 aromatic heterocycles. The van der Waals surface area contributed by atoms with Crippen LogP contribution in [0.1, 0.15) is 61.7 Å². The number of carbonyl (C=O) groups excluding carboxylic acids is 1. The first-order chi connectivity index (χ1) is 38.6. The molecule has 0 aliphatic carbocycles. The molecule has 0 unspecified atom stereocenters. The van der Waals surface area contributed by atoms with E-state index < -0.39 is 0 Å². The number of rotatable bonds is 6. The van der Waals surface area contributed by atoms with Crippen molar-refractivity contribution in [3.63, 3.8) is 0 Å². The van der Waals surface area contributed by atoms with Gasteiger partial charge in [-0.15, -0.1) is 0 Å². The number of nitrogens with zero attached hydrogens (tertiary/aromatic N) is 2. The van der Waals surface area contributed by atoms with Crippen LogP contribution in [-0.4, -0.2) is 26.0 Å². The van der Waals surface area contributed by atoms with Crippen LogP contribution in [0.5, 0.6) is 0 Å². The van der Waals surface area contributed by atoms with E-state index >= 15 is 0 Å². The molecule has 7 heteroatoms. The number of anilines is 2. The number of aromatic amines is 2. The minimum Gasteiger partial charge on any atom is -0.354 e. The highest BCUT2D eigenvalue weighted by molar-refractivity contribution is 6.06. The SMILES string of the molecule is Cc1ccc(-c2c3nc(c(-c4ccc(C)cc4)c4ccc([nH]4)c(-c4ccc(C)c(NC(=O)Nc5cc(C#Cc6c7ccccc7cc7ccccc67)ccc5C)c4)c4nc(c(-c5ccc(C)cc5)c5ccc2[nH]5)C=C4)C=C3)cc1. The Kier molecular flexibility index (Phi) is 12.2. The molecule has 378 valence electrons. The summed E-state index contributed by atoms with van der Waals surface area (Å²) in [7, 11) is 0. The maximum Gasteiger partial charge on any atom is 0.323 e. The molecule has 5 heterocycles. The number of urea groups is 1. The van der Waals surface area contributed by atoms with E-state index in [0.717, 1.165) is 133 Å². The second kappa shape index (κ2) is 20.0. The number of hydrogen-bond donors (Lipinski definition) is 4. The zero-order valence-electron chi connectivity index (χ0n) is 44.5. The Morgan fingerprint density at radius 3 is 1.22 bits per heavy atom. The van der Waals surface area contributed by atoms with Crippen LogP contribution in [0.4, 0.5) is 16.2 Å². The first-order valence-electron chi connectivity index (χ1n) is 26.7. The fraction of sp³-hybridized carbons (Fsp3) is 0.0694. The number of amides is 2. The number of aryl methyl sites for hydroxylation is 5. The van der Waals surface area contributed by atoms with E-state index in [-0.39, 0.29) is 6.03 Å². The van der Waals surface area contributed by atoms with Crippen LogP contribution >= 0.6 is 0 Å². The van der Waals surface area contributed by atoms with E-state index in [2.05, 4.69) is 241 Å². The minimum atomic E-state index is -0.364. The van der Waals surface area contributed by atoms with Crippen LogP contribution in [0.3, 0.4) is 0 Å². The van der Waals surface area contributed by atoms with E-state index in [1.54, 1.807) is 0 Å². The second-order valence-electron chi connectivity index (χ2n) is 20.7. The summed E-state index contributed by atoms with van der Waals surface area (Å²) in [6.45, 7) is 10.3. The fourth-order valence-electron chi connectivity index (χ4n) is 10.9. The number of carbonyl (C=O) groups is 1. The molecule has 2 amide bonds. The Bertz CT molecular complexity index is 4500. The summed E-state index contributed by atoms with van der Waals surface area (Å²) in [4.78, 5) is 33.0. The topological polar surface area (TPSA) is 98.5 Å². The first-order valence-corrected chi connectivity index (χ1v) is 26.7. The molecule has 2 aliphatic rings. The quantitative estimate of drug-likeness (QED) is 0.0986. The lowest BCUT2D eigenvalue weighted by Gasteiger charge is -2.14. The highest BCUT2D eigenvalue weighted by Crippen LogP contribution is 2.40. The highest BCUT2D eigenvalue weighted by Gasteiger charge is 2.20. The third-order valence-corrected chi connectivity index (χ3v) is 15.1. The van der Waals surface area contributed by atoms with Gasteiger partial charge in [-0.2, -0.15) is 0 Å². The van der Waals surface area contributed by atoms with Gasteiger partial charge in [0, 0.05) is 66.8 Å². The number of H-pyrrole nitrogens is 2. The lowest BCUT2D eigenvalue weighted by molar-refractivity contribution is 0.262. The number of nitrogens with one attached hydrogen (secondary N) is 4. The van der Waals surface area contributed by atoms with Crippen LogP contribution in [0.25, 0.3) is 112 Å². The predicted molar refractivity (Wildman–Crippen MR) is 331 cm³/mol. The zero-order chi connectivity index (χ0) is 53.7. The molecule has 8 bridgehead atoms. The number of hydrogen-bond acceptors (Lipinski definition) is 3. The fourth-order valence-corrected chi connectivity index (χ4v) is 10.9. The van der Waals surface area contributed by atoms with Crippen molar-refractivity contribution in [2.24, 2.45) is 0 Å². The maximum atomic E-state index is 14.2. The molecular formula is C72H54N6O. The molecule has 79 heavy (non-hydrogen) atoms. The van der Waals surface area contributed by atoms with Gasteiger partial charge in [0.1, 0.15) is 0 Å². The van der Waals surface area contributed by atoms with Crippen molar-refractivity contribution in [3.05, 3.63) is 250 Å². The molecule has 0 fully saturated rings. The summed E-state index contributed by atoms with van der Waals surface area (Å²) < 4.78 is 0. The van der Waals surface area contributed by atoms with E-state index in [1.165, 1.54) is 16.7 Å². The summed E-state index contributed by atoms with van der Waals surface area (Å²) in [5.74, 6) is 6.93. The van der Waals surface area contributed by atoms with Gasteiger partial charge in [0.25, 0.3) is 0 Å². The van der Waals surface area contributed by atoms with E-state index in [0.29, 0.717) is 11.4 Å². The minimum absolute atomic E-state index is 0.364. The average Bonchev–Trinajstić information content (AvgIpc) is 4.37. The maximum absolute atomic E-state index is 14.2. The van der Waals surface area contributed by atoms with Crippen LogP contribution in [0.2, 0.25) is 0 Å². The molecule has 2 aliphatic heterocycles. The predicted octanol–water partition coefficient (Wildman–Crippen LogP) is 18.2. The van der Waals surface area contributed by atoms with E-state index in [1.807, 2.05) is 38.1 Å². The average molecular weight is 1020 g/mol. The van der Waals surface area contributed by atoms with Crippen LogP contribution in [0, 0.1) is 46.5 Å². The molecule has 7 nitrogen and oxygen atoms in total. The third-order valence-electron chi connectivity index (χ3n) is 15.1. The van der Waals surface area contributed by atoms with Crippen molar-refractivity contribution in [1.29, 1.82) is 0 Å². The van der Waals surface area contributed by atoms with Crippen molar-refractivity contribution >= 4 is 85.3 Å². The monoisotopic (exact) mass is 1020 g/mol. The van der Waals surface area contributed by atoms with Crippen LogP contribution in [0.15, 0.2) is 188 Å². The van der Waals surface area contributed by atoms with Gasteiger partial charge < -0.3 is 20.6 Å². The molecule has 0 saturated carbocycles. The largest absolute Gasteiger partial charge is 0.354 e. The highest BCUT2D eigenvalue weighted by atomic mass is 16.2. The smallest absolute Gasteiger partial charge is 0.323 e. The Hall–Kier alpha value is -10.3. The molecule has 0 saturated heterocycles. The van der Waals surface area contributed by atoms with Gasteiger partial charge in [-0.3, -0.25) is 0 Å². The Morgan fingerprint density at radius 2 is 0.772 bits per heavy atom. The molecule has 8 aromatic carbocycles. The molecule has 4 N–H and O–H groups in total. The number of fused-ring (bicyclic) bond motifs is 10. The van der Waals surface area contributed by atoms with Crippen molar-refractivity contribution < 1.29 is 4.79 Å². The lowest BCUT2D eigenvalue weighted by Crippen LogP contribution is -2.20. The van der Waals surface area contributed by atoms with E-state index in [9.17, 15) is 4.79 Å². The van der Waals surface area contributed by atoms with Crippen molar-refractivity contribution in [3.8, 4) is 56.3 Å². The molecule has 0 radical (unpaired) electrons. The number of aromatic nitrogens is 4. The lowest BCUT2D eigenvalue weighted by atomic mass is 9.97. The number of benzene rings is 8. The standard InChI is InChI=1S/C72H54N6O/c1-43-14-24-49(25-15-43)68-58-32-34-60(73-58)69(50-26-16-44(2)17-27-50)62-36-38-64(75-62)71(65-39-37-63(76-65)70(61-35-33-59(68)74-61)51-28-18-45(3)19-29-51)54-30-21-47(5)67(42-54)78-72(79)77-66-40-48(22-20-46(66)4)23-31-57-55-12-8-6-10-52(55)41-53-11-7-9-13-56(53)57/h6-22,24-30,32-42,73,76H,1-5H3,(H2,77,78,79). The third kappa shape index (κ3) is 9.36. The van der Waals surface area contributed by atoms with Crippen molar-refractivity contribution in [1.82, 2.24) is 19.9 Å². The Morgan fingerprint density at radius 1 is 0.392 bits per heavy atom. The van der Waals surface area contributed by atoms with E-state index in [4.69, 9.17) is 9.97 Å². The second-order valence-corrected chi connectivity index (χ2v) is 20.7. The van der Waals surface area contributed by atoms with Crippen molar-refractivity contribution in [2.75, 3.05) is 10.6 Å². The summed E-state index contributed by atoms with van der Waals surface area (Å²) >= 11 is 0. The van der Waals surface area contributed by atoms with Crippen molar-refractivity contribution in [2.45, 2.75) is 34.6 Å². The molecule has 13 rings (SSSR count). The van der Waals surface area contributed by atoms with Gasteiger partial charge in [0.15, 0.2) is 0 Å². The normalized spacial score (nSPS) is 11.7. The van der Waals surface area contributed by atoms with Crippen LogP contribution < -0.4 is 10.6 Å². The zero-order valence-corrected chi connectivity index (χ0v) is 44.5. The Labute approximate surface area is 459 Å². The van der Waals surface area contributed by atoms with Gasteiger partial charge in [-0.1, -0.05) is 168 Å². The van der Waals surface area contributed by atoms with Gasteiger partial charge in [-0.25, -0.2) is 14.8 Å². The first kappa shape index (κ1) is 48.4.